The quantitative estimate of drug-likeness (QED) is 0.847. The Morgan fingerprint density at radius 2 is 1.86 bits per heavy atom. The molecular weight excluding hydrogens is 266 g/mol. The summed E-state index contributed by atoms with van der Waals surface area (Å²) in [5, 5.41) is 3.27. The van der Waals surface area contributed by atoms with Crippen LogP contribution in [0.25, 0.3) is 0 Å². The lowest BCUT2D eigenvalue weighted by Gasteiger charge is -2.12. The molecule has 1 aromatic carbocycles. The van der Waals surface area contributed by atoms with E-state index in [4.69, 9.17) is 9.47 Å². The molecule has 0 atom stereocenters. The number of anilines is 1. The van der Waals surface area contributed by atoms with Crippen LogP contribution in [0, 0.1) is 6.92 Å². The van der Waals surface area contributed by atoms with Crippen molar-refractivity contribution >= 4 is 5.82 Å². The summed E-state index contributed by atoms with van der Waals surface area (Å²) >= 11 is 0. The van der Waals surface area contributed by atoms with Crippen LogP contribution in [0.15, 0.2) is 30.6 Å². The number of hydrogen-bond donors (Lipinski definition) is 1. The second-order valence-electron chi connectivity index (χ2n) is 4.57. The van der Waals surface area contributed by atoms with Crippen molar-refractivity contribution in [2.75, 3.05) is 18.5 Å². The maximum absolute atomic E-state index is 5.67. The van der Waals surface area contributed by atoms with Gasteiger partial charge in [-0.25, -0.2) is 9.97 Å². The highest BCUT2D eigenvalue weighted by Gasteiger charge is 2.05. The van der Waals surface area contributed by atoms with Crippen LogP contribution in [0.1, 0.15) is 25.0 Å². The van der Waals surface area contributed by atoms with Gasteiger partial charge in [-0.2, -0.15) is 0 Å². The van der Waals surface area contributed by atoms with Crippen LogP contribution in [-0.4, -0.2) is 23.2 Å². The van der Waals surface area contributed by atoms with Crippen LogP contribution in [0.4, 0.5) is 5.82 Å². The van der Waals surface area contributed by atoms with Gasteiger partial charge in [-0.15, -0.1) is 0 Å². The highest BCUT2D eigenvalue weighted by molar-refractivity contribution is 5.42. The smallest absolute Gasteiger partial charge is 0.218 e. The van der Waals surface area contributed by atoms with E-state index >= 15 is 0 Å². The third kappa shape index (κ3) is 4.34. The van der Waals surface area contributed by atoms with Crippen LogP contribution >= 0.6 is 0 Å². The maximum Gasteiger partial charge on any atom is 0.218 e. The van der Waals surface area contributed by atoms with Gasteiger partial charge >= 0.3 is 0 Å². The largest absolute Gasteiger partial charge is 0.494 e. The summed E-state index contributed by atoms with van der Waals surface area (Å²) in [4.78, 5) is 8.23. The predicted molar refractivity (Wildman–Crippen MR) is 82.9 cm³/mol. The first-order valence-electron chi connectivity index (χ1n) is 7.14. The third-order valence-electron chi connectivity index (χ3n) is 2.92. The Balaban J connectivity index is 2.07. The lowest BCUT2D eigenvalue weighted by molar-refractivity contribution is 0.326. The van der Waals surface area contributed by atoms with Crippen LogP contribution in [0.3, 0.4) is 0 Å². The highest BCUT2D eigenvalue weighted by atomic mass is 16.5. The molecule has 0 aliphatic carbocycles. The van der Waals surface area contributed by atoms with E-state index in [-0.39, 0.29) is 0 Å². The fourth-order valence-corrected chi connectivity index (χ4v) is 1.95. The number of nitrogens with one attached hydrogen (secondary N) is 1. The van der Waals surface area contributed by atoms with Crippen molar-refractivity contribution in [3.8, 4) is 11.6 Å². The molecule has 0 aliphatic rings. The molecule has 112 valence electrons. The second-order valence-corrected chi connectivity index (χ2v) is 4.57. The fourth-order valence-electron chi connectivity index (χ4n) is 1.95. The Morgan fingerprint density at radius 3 is 2.62 bits per heavy atom. The summed E-state index contributed by atoms with van der Waals surface area (Å²) in [6, 6.07) is 7.98. The van der Waals surface area contributed by atoms with Gasteiger partial charge in [0, 0.05) is 18.2 Å². The van der Waals surface area contributed by atoms with Crippen LogP contribution in [-0.2, 0) is 6.54 Å². The molecule has 0 unspecified atom stereocenters. The van der Waals surface area contributed by atoms with Crippen molar-refractivity contribution in [1.82, 2.24) is 9.97 Å². The fraction of sp³-hybridized carbons (Fsp3) is 0.375. The number of aromatic nitrogens is 2. The van der Waals surface area contributed by atoms with Gasteiger partial charge in [0.1, 0.15) is 17.9 Å². The minimum absolute atomic E-state index is 0.573. The molecule has 0 amide bonds. The molecule has 5 heteroatoms. The lowest BCUT2D eigenvalue weighted by atomic mass is 10.1. The van der Waals surface area contributed by atoms with E-state index in [2.05, 4.69) is 34.3 Å². The second kappa shape index (κ2) is 7.47. The number of hydrogen-bond acceptors (Lipinski definition) is 5. The zero-order valence-corrected chi connectivity index (χ0v) is 12.7. The standard InChI is InChI=1S/C16H21N3O2/c1-4-20-14-8-12(3)6-7-13(14)10-17-15-9-16(21-5-2)19-11-18-15/h6-9,11H,4-5,10H2,1-3H3,(H,17,18,19). The first-order chi connectivity index (χ1) is 10.2. The average Bonchev–Trinajstić information content (AvgIpc) is 2.48. The van der Waals surface area contributed by atoms with Gasteiger partial charge in [-0.1, -0.05) is 12.1 Å². The molecule has 0 saturated heterocycles. The first kappa shape index (κ1) is 15.1. The van der Waals surface area contributed by atoms with Gasteiger partial charge in [0.05, 0.1) is 13.2 Å². The van der Waals surface area contributed by atoms with Crippen molar-refractivity contribution in [2.24, 2.45) is 0 Å². The molecule has 0 spiro atoms. The zero-order chi connectivity index (χ0) is 15.1. The van der Waals surface area contributed by atoms with Gasteiger partial charge in [-0.05, 0) is 32.4 Å². The van der Waals surface area contributed by atoms with Crippen molar-refractivity contribution in [3.05, 3.63) is 41.7 Å². The van der Waals surface area contributed by atoms with E-state index in [0.29, 0.717) is 25.6 Å². The van der Waals surface area contributed by atoms with Gasteiger partial charge in [-0.3, -0.25) is 0 Å². The molecule has 0 saturated carbocycles. The molecule has 1 heterocycles. The summed E-state index contributed by atoms with van der Waals surface area (Å²) in [6.45, 7) is 7.84. The van der Waals surface area contributed by atoms with Gasteiger partial charge in [0.15, 0.2) is 0 Å². The molecule has 1 aromatic heterocycles. The van der Waals surface area contributed by atoms with E-state index in [1.54, 1.807) is 6.07 Å². The average molecular weight is 287 g/mol. The molecule has 1 N–H and O–H groups in total. The Morgan fingerprint density at radius 1 is 1.05 bits per heavy atom. The summed E-state index contributed by atoms with van der Waals surface area (Å²) in [5.41, 5.74) is 2.28. The first-order valence-corrected chi connectivity index (χ1v) is 7.14. The normalized spacial score (nSPS) is 10.2. The minimum Gasteiger partial charge on any atom is -0.494 e. The van der Waals surface area contributed by atoms with Crippen molar-refractivity contribution < 1.29 is 9.47 Å². The van der Waals surface area contributed by atoms with Crippen molar-refractivity contribution in [3.63, 3.8) is 0 Å². The molecule has 0 aliphatic heterocycles. The van der Waals surface area contributed by atoms with E-state index in [1.165, 1.54) is 11.9 Å². The van der Waals surface area contributed by atoms with Crippen LogP contribution in [0.2, 0.25) is 0 Å². The molecular formula is C16H21N3O2. The summed E-state index contributed by atoms with van der Waals surface area (Å²) in [5.74, 6) is 2.21. The van der Waals surface area contributed by atoms with Gasteiger partial charge in [0.25, 0.3) is 0 Å². The Hall–Kier alpha value is -2.30. The Labute approximate surface area is 125 Å². The SMILES string of the molecule is CCOc1cc(NCc2ccc(C)cc2OCC)ncn1. The monoisotopic (exact) mass is 287 g/mol. The predicted octanol–water partition coefficient (Wildman–Crippen LogP) is 3.19. The van der Waals surface area contributed by atoms with Crippen LogP contribution in [0.5, 0.6) is 11.6 Å². The Kier molecular flexibility index (Phi) is 5.37. The van der Waals surface area contributed by atoms with Crippen molar-refractivity contribution in [2.45, 2.75) is 27.3 Å². The number of nitrogens with zero attached hydrogens (tertiary/aromatic N) is 2. The topological polar surface area (TPSA) is 56.3 Å². The van der Waals surface area contributed by atoms with Crippen LogP contribution < -0.4 is 14.8 Å². The van der Waals surface area contributed by atoms with E-state index in [0.717, 1.165) is 17.1 Å². The number of benzene rings is 1. The molecule has 2 rings (SSSR count). The minimum atomic E-state index is 0.573. The third-order valence-corrected chi connectivity index (χ3v) is 2.92. The molecule has 0 fully saturated rings. The molecule has 21 heavy (non-hydrogen) atoms. The molecule has 0 radical (unpaired) electrons. The summed E-state index contributed by atoms with van der Waals surface area (Å²) in [7, 11) is 0. The van der Waals surface area contributed by atoms with E-state index in [1.807, 2.05) is 19.9 Å². The highest BCUT2D eigenvalue weighted by Crippen LogP contribution is 2.22. The summed E-state index contributed by atoms with van der Waals surface area (Å²) < 4.78 is 11.0. The molecule has 2 aromatic rings. The van der Waals surface area contributed by atoms with Gasteiger partial charge < -0.3 is 14.8 Å². The van der Waals surface area contributed by atoms with E-state index in [9.17, 15) is 0 Å². The maximum atomic E-state index is 5.67. The van der Waals surface area contributed by atoms with Gasteiger partial charge in [0.2, 0.25) is 5.88 Å². The summed E-state index contributed by atoms with van der Waals surface area (Å²) in [6.07, 6.45) is 1.49. The zero-order valence-electron chi connectivity index (χ0n) is 12.7. The van der Waals surface area contributed by atoms with Crippen molar-refractivity contribution in [1.29, 1.82) is 0 Å². The number of rotatable bonds is 7. The number of aryl methyl sites for hydroxylation is 1. The lowest BCUT2D eigenvalue weighted by Crippen LogP contribution is -2.05. The molecule has 0 bridgehead atoms. The Bertz CT molecular complexity index is 587. The molecule has 5 nitrogen and oxygen atoms in total. The number of ether oxygens (including phenoxy) is 2. The van der Waals surface area contributed by atoms with E-state index < -0.39 is 0 Å².